The van der Waals surface area contributed by atoms with Crippen LogP contribution in [0.1, 0.15) is 45.1 Å². The second kappa shape index (κ2) is 5.96. The van der Waals surface area contributed by atoms with Crippen LogP contribution in [0.15, 0.2) is 30.3 Å². The van der Waals surface area contributed by atoms with E-state index in [1.54, 1.807) is 0 Å². The van der Waals surface area contributed by atoms with Gasteiger partial charge in [-0.05, 0) is 36.7 Å². The molecule has 0 unspecified atom stereocenters. The number of benzene rings is 1. The molecule has 0 atom stereocenters. The van der Waals surface area contributed by atoms with Crippen LogP contribution in [0.4, 0.5) is 0 Å². The number of aliphatic hydroxyl groups excluding tert-OH is 1. The van der Waals surface area contributed by atoms with Crippen LogP contribution in [-0.4, -0.2) is 24.2 Å². The lowest BCUT2D eigenvalue weighted by molar-refractivity contribution is -0.124. The molecule has 0 bridgehead atoms. The lowest BCUT2D eigenvalue weighted by Crippen LogP contribution is -2.40. The molecule has 3 heteroatoms. The lowest BCUT2D eigenvalue weighted by Gasteiger charge is -2.26. The summed E-state index contributed by atoms with van der Waals surface area (Å²) in [5, 5.41) is 12.0. The molecule has 0 heterocycles. The second-order valence-corrected chi connectivity index (χ2v) is 6.62. The van der Waals surface area contributed by atoms with Gasteiger partial charge >= 0.3 is 0 Å². The number of carbonyl (C=O) groups is 1. The van der Waals surface area contributed by atoms with E-state index in [1.807, 2.05) is 30.3 Å². The minimum absolute atomic E-state index is 0.0329. The van der Waals surface area contributed by atoms with Crippen LogP contribution in [-0.2, 0) is 10.2 Å². The molecule has 0 radical (unpaired) electrons. The third-order valence-corrected chi connectivity index (χ3v) is 4.25. The highest BCUT2D eigenvalue weighted by Crippen LogP contribution is 2.48. The van der Waals surface area contributed by atoms with Crippen LogP contribution >= 0.6 is 0 Å². The third-order valence-electron chi connectivity index (χ3n) is 4.25. The van der Waals surface area contributed by atoms with Gasteiger partial charge in [-0.3, -0.25) is 4.79 Å². The first-order valence-corrected chi connectivity index (χ1v) is 7.45. The van der Waals surface area contributed by atoms with Crippen LogP contribution in [0.2, 0.25) is 0 Å². The van der Waals surface area contributed by atoms with Crippen molar-refractivity contribution in [3.8, 4) is 0 Å². The molecule has 0 saturated heterocycles. The summed E-state index contributed by atoms with van der Waals surface area (Å²) in [5.74, 6) is 0.153. The average Bonchev–Trinajstić information content (AvgIpc) is 3.25. The fourth-order valence-corrected chi connectivity index (χ4v) is 2.66. The Kier molecular flexibility index (Phi) is 4.48. The molecule has 2 N–H and O–H groups in total. The molecular formula is C17H25NO2. The maximum atomic E-state index is 12.5. The Labute approximate surface area is 121 Å². The molecule has 1 aliphatic rings. The quantitative estimate of drug-likeness (QED) is 0.803. The van der Waals surface area contributed by atoms with E-state index in [2.05, 4.69) is 19.2 Å². The molecule has 1 saturated carbocycles. The number of hydrogen-bond donors (Lipinski definition) is 2. The molecule has 1 aliphatic carbocycles. The van der Waals surface area contributed by atoms with Crippen LogP contribution in [0.25, 0.3) is 0 Å². The Morgan fingerprint density at radius 2 is 1.95 bits per heavy atom. The maximum absolute atomic E-state index is 12.5. The fraction of sp³-hybridized carbons (Fsp3) is 0.588. The van der Waals surface area contributed by atoms with Crippen molar-refractivity contribution in [1.29, 1.82) is 0 Å². The highest BCUT2D eigenvalue weighted by atomic mass is 16.2. The zero-order valence-corrected chi connectivity index (χ0v) is 12.5. The highest BCUT2D eigenvalue weighted by Gasteiger charge is 2.51. The first-order chi connectivity index (χ1) is 9.50. The Bertz CT molecular complexity index is 449. The molecule has 1 fully saturated rings. The SMILES string of the molecule is CC(C)(CCCO)CNC(=O)C1(c2ccccc2)CC1. The number of amides is 1. The van der Waals surface area contributed by atoms with Crippen molar-refractivity contribution in [2.75, 3.05) is 13.2 Å². The predicted octanol–water partition coefficient (Wildman–Crippen LogP) is 2.63. The van der Waals surface area contributed by atoms with Gasteiger partial charge in [0.1, 0.15) is 0 Å². The first kappa shape index (κ1) is 15.0. The van der Waals surface area contributed by atoms with Crippen molar-refractivity contribution < 1.29 is 9.90 Å². The van der Waals surface area contributed by atoms with Gasteiger partial charge in [0.15, 0.2) is 0 Å². The number of hydrogen-bond acceptors (Lipinski definition) is 2. The Morgan fingerprint density at radius 3 is 2.50 bits per heavy atom. The van der Waals surface area contributed by atoms with Crippen molar-refractivity contribution in [2.45, 2.75) is 44.9 Å². The van der Waals surface area contributed by atoms with Gasteiger partial charge in [0, 0.05) is 13.2 Å². The average molecular weight is 275 g/mol. The molecule has 2 rings (SSSR count). The number of nitrogens with one attached hydrogen (secondary N) is 1. The number of aliphatic hydroxyl groups is 1. The van der Waals surface area contributed by atoms with Gasteiger partial charge in [-0.2, -0.15) is 0 Å². The van der Waals surface area contributed by atoms with Crippen LogP contribution in [0, 0.1) is 5.41 Å². The molecule has 1 aromatic carbocycles. The molecule has 20 heavy (non-hydrogen) atoms. The van der Waals surface area contributed by atoms with Crippen molar-refractivity contribution in [2.24, 2.45) is 5.41 Å². The van der Waals surface area contributed by atoms with Gasteiger partial charge in [0.05, 0.1) is 5.41 Å². The minimum atomic E-state index is -0.283. The molecule has 0 spiro atoms. The first-order valence-electron chi connectivity index (χ1n) is 7.45. The lowest BCUT2D eigenvalue weighted by atomic mass is 9.87. The van der Waals surface area contributed by atoms with Gasteiger partial charge in [0.25, 0.3) is 0 Å². The summed E-state index contributed by atoms with van der Waals surface area (Å²) in [5.41, 5.74) is 0.880. The van der Waals surface area contributed by atoms with Crippen LogP contribution < -0.4 is 5.32 Å². The molecule has 3 nitrogen and oxygen atoms in total. The van der Waals surface area contributed by atoms with Gasteiger partial charge in [-0.1, -0.05) is 44.2 Å². The highest BCUT2D eigenvalue weighted by molar-refractivity contribution is 5.91. The van der Waals surface area contributed by atoms with E-state index in [9.17, 15) is 4.79 Å². The number of carbonyl (C=O) groups excluding carboxylic acids is 1. The van der Waals surface area contributed by atoms with E-state index in [-0.39, 0.29) is 23.3 Å². The van der Waals surface area contributed by atoms with Gasteiger partial charge in [-0.15, -0.1) is 0 Å². The third kappa shape index (κ3) is 3.40. The summed E-state index contributed by atoms with van der Waals surface area (Å²) < 4.78 is 0. The van der Waals surface area contributed by atoms with E-state index in [4.69, 9.17) is 5.11 Å². The number of rotatable bonds is 7. The molecule has 110 valence electrons. The molecular weight excluding hydrogens is 250 g/mol. The van der Waals surface area contributed by atoms with Crippen LogP contribution in [0.5, 0.6) is 0 Å². The summed E-state index contributed by atoms with van der Waals surface area (Å²) in [7, 11) is 0. The van der Waals surface area contributed by atoms with Crippen molar-refractivity contribution >= 4 is 5.91 Å². The van der Waals surface area contributed by atoms with E-state index in [1.165, 1.54) is 0 Å². The summed E-state index contributed by atoms with van der Waals surface area (Å²) in [6.45, 7) is 5.14. The van der Waals surface area contributed by atoms with Gasteiger partial charge in [-0.25, -0.2) is 0 Å². The standard InChI is InChI=1S/C17H25NO2/c1-16(2,9-6-12-19)13-18-15(20)17(10-11-17)14-7-4-3-5-8-14/h3-5,7-8,19H,6,9-13H2,1-2H3,(H,18,20). The zero-order valence-electron chi connectivity index (χ0n) is 12.5. The smallest absolute Gasteiger partial charge is 0.230 e. The molecule has 0 aliphatic heterocycles. The molecule has 1 amide bonds. The summed E-state index contributed by atoms with van der Waals surface area (Å²) >= 11 is 0. The Morgan fingerprint density at radius 1 is 1.30 bits per heavy atom. The summed E-state index contributed by atoms with van der Waals surface area (Å²) in [6, 6.07) is 10.1. The van der Waals surface area contributed by atoms with Crippen molar-refractivity contribution in [3.05, 3.63) is 35.9 Å². The molecule has 0 aromatic heterocycles. The van der Waals surface area contributed by atoms with Gasteiger partial charge < -0.3 is 10.4 Å². The van der Waals surface area contributed by atoms with E-state index in [0.717, 1.165) is 31.2 Å². The van der Waals surface area contributed by atoms with Crippen molar-refractivity contribution in [1.82, 2.24) is 5.32 Å². The topological polar surface area (TPSA) is 49.3 Å². The van der Waals surface area contributed by atoms with E-state index in [0.29, 0.717) is 6.54 Å². The monoisotopic (exact) mass is 275 g/mol. The Balaban J connectivity index is 1.93. The predicted molar refractivity (Wildman–Crippen MR) is 80.5 cm³/mol. The molecule has 1 aromatic rings. The summed E-state index contributed by atoms with van der Waals surface area (Å²) in [4.78, 5) is 12.5. The maximum Gasteiger partial charge on any atom is 0.230 e. The fourth-order valence-electron chi connectivity index (χ4n) is 2.66. The minimum Gasteiger partial charge on any atom is -0.396 e. The van der Waals surface area contributed by atoms with Crippen LogP contribution in [0.3, 0.4) is 0 Å². The van der Waals surface area contributed by atoms with Crippen molar-refractivity contribution in [3.63, 3.8) is 0 Å². The van der Waals surface area contributed by atoms with Gasteiger partial charge in [0.2, 0.25) is 5.91 Å². The summed E-state index contributed by atoms with van der Waals surface area (Å²) in [6.07, 6.45) is 3.59. The largest absolute Gasteiger partial charge is 0.396 e. The van der Waals surface area contributed by atoms with E-state index < -0.39 is 0 Å². The zero-order chi connectivity index (χ0) is 14.6. The Hall–Kier alpha value is -1.35. The van der Waals surface area contributed by atoms with E-state index >= 15 is 0 Å². The normalized spacial score (nSPS) is 16.8. The second-order valence-electron chi connectivity index (χ2n) is 6.62.